The molecule has 1 aromatic rings. The van der Waals surface area contributed by atoms with Crippen molar-refractivity contribution < 1.29 is 9.53 Å². The van der Waals surface area contributed by atoms with Crippen LogP contribution in [0, 0.1) is 0 Å². The molecule has 0 saturated carbocycles. The van der Waals surface area contributed by atoms with Gasteiger partial charge in [-0.15, -0.1) is 11.8 Å². The molecule has 2 nitrogen and oxygen atoms in total. The SMILES string of the molecule is CCCCC(Sc1cc(Cl)cc(Cl)c1)C(=O)OC. The molecule has 0 bridgehead atoms. The minimum absolute atomic E-state index is 0.204. The number of benzene rings is 1. The number of esters is 1. The average molecular weight is 307 g/mol. The number of hydrogen-bond acceptors (Lipinski definition) is 3. The lowest BCUT2D eigenvalue weighted by molar-refractivity contribution is -0.140. The van der Waals surface area contributed by atoms with E-state index < -0.39 is 0 Å². The fourth-order valence-corrected chi connectivity index (χ4v) is 3.36. The molecule has 0 amide bonds. The monoisotopic (exact) mass is 306 g/mol. The Labute approximate surface area is 122 Å². The van der Waals surface area contributed by atoms with Crippen LogP contribution >= 0.6 is 35.0 Å². The molecule has 1 atom stereocenters. The average Bonchev–Trinajstić information content (AvgIpc) is 2.32. The number of halogens is 2. The number of thioether (sulfide) groups is 1. The molecule has 100 valence electrons. The van der Waals surface area contributed by atoms with Crippen LogP contribution in [-0.4, -0.2) is 18.3 Å². The maximum absolute atomic E-state index is 11.7. The van der Waals surface area contributed by atoms with Gasteiger partial charge in [0.25, 0.3) is 0 Å². The Hall–Kier alpha value is -0.380. The molecule has 0 N–H and O–H groups in total. The summed E-state index contributed by atoms with van der Waals surface area (Å²) in [6.45, 7) is 2.09. The summed E-state index contributed by atoms with van der Waals surface area (Å²) in [7, 11) is 1.41. The van der Waals surface area contributed by atoms with E-state index in [4.69, 9.17) is 27.9 Å². The summed E-state index contributed by atoms with van der Waals surface area (Å²) in [5.41, 5.74) is 0. The first kappa shape index (κ1) is 15.7. The predicted octanol–water partition coefficient (Wildman–Crippen LogP) is 4.82. The van der Waals surface area contributed by atoms with Gasteiger partial charge in [-0.25, -0.2) is 0 Å². The van der Waals surface area contributed by atoms with Gasteiger partial charge in [0.2, 0.25) is 0 Å². The standard InChI is InChI=1S/C13H16Cl2O2S/c1-3-4-5-12(13(16)17-2)18-11-7-9(14)6-10(15)8-11/h6-8,12H,3-5H2,1-2H3. The third-order valence-electron chi connectivity index (χ3n) is 2.40. The van der Waals surface area contributed by atoms with Crippen molar-refractivity contribution in [3.05, 3.63) is 28.2 Å². The zero-order valence-corrected chi connectivity index (χ0v) is 12.7. The van der Waals surface area contributed by atoms with Crippen LogP contribution in [-0.2, 0) is 9.53 Å². The number of hydrogen-bond donors (Lipinski definition) is 0. The highest BCUT2D eigenvalue weighted by molar-refractivity contribution is 8.00. The van der Waals surface area contributed by atoms with Crippen LogP contribution in [0.3, 0.4) is 0 Å². The van der Waals surface area contributed by atoms with E-state index in [0.29, 0.717) is 10.0 Å². The second kappa shape index (κ2) is 7.93. The number of carbonyl (C=O) groups is 1. The zero-order valence-electron chi connectivity index (χ0n) is 10.4. The van der Waals surface area contributed by atoms with Gasteiger partial charge in [-0.1, -0.05) is 43.0 Å². The summed E-state index contributed by atoms with van der Waals surface area (Å²) in [4.78, 5) is 12.6. The summed E-state index contributed by atoms with van der Waals surface area (Å²) in [6.07, 6.45) is 2.82. The summed E-state index contributed by atoms with van der Waals surface area (Å²) in [6, 6.07) is 5.28. The van der Waals surface area contributed by atoms with Gasteiger partial charge in [0.15, 0.2) is 0 Å². The molecule has 0 heterocycles. The Morgan fingerprint density at radius 3 is 2.44 bits per heavy atom. The molecule has 18 heavy (non-hydrogen) atoms. The number of rotatable bonds is 6. The number of methoxy groups -OCH3 is 1. The van der Waals surface area contributed by atoms with E-state index >= 15 is 0 Å². The molecule has 0 aliphatic rings. The molecule has 0 aliphatic heterocycles. The molecule has 1 rings (SSSR count). The smallest absolute Gasteiger partial charge is 0.319 e. The normalized spacial score (nSPS) is 12.2. The van der Waals surface area contributed by atoms with Crippen molar-refractivity contribution in [2.45, 2.75) is 36.3 Å². The van der Waals surface area contributed by atoms with Crippen molar-refractivity contribution in [3.8, 4) is 0 Å². The van der Waals surface area contributed by atoms with E-state index in [0.717, 1.165) is 24.2 Å². The second-order valence-electron chi connectivity index (χ2n) is 3.88. The predicted molar refractivity (Wildman–Crippen MR) is 77.6 cm³/mol. The molecule has 1 unspecified atom stereocenters. The Balaban J connectivity index is 2.78. The largest absolute Gasteiger partial charge is 0.468 e. The number of ether oxygens (including phenoxy) is 1. The molecule has 0 aromatic heterocycles. The Morgan fingerprint density at radius 1 is 1.33 bits per heavy atom. The van der Waals surface area contributed by atoms with Crippen molar-refractivity contribution in [2.75, 3.05) is 7.11 Å². The third-order valence-corrected chi connectivity index (χ3v) is 4.06. The van der Waals surface area contributed by atoms with Crippen molar-refractivity contribution in [2.24, 2.45) is 0 Å². The quantitative estimate of drug-likeness (QED) is 0.557. The summed E-state index contributed by atoms with van der Waals surface area (Å²) >= 11 is 13.3. The van der Waals surface area contributed by atoms with E-state index in [1.165, 1.54) is 18.9 Å². The van der Waals surface area contributed by atoms with Crippen molar-refractivity contribution in [1.82, 2.24) is 0 Å². The van der Waals surface area contributed by atoms with E-state index in [2.05, 4.69) is 6.92 Å². The van der Waals surface area contributed by atoms with Crippen LogP contribution < -0.4 is 0 Å². The Bertz CT molecular complexity index is 390. The Kier molecular flexibility index (Phi) is 6.90. The molecule has 5 heteroatoms. The van der Waals surface area contributed by atoms with Gasteiger partial charge in [-0.05, 0) is 24.6 Å². The van der Waals surface area contributed by atoms with Crippen LogP contribution in [0.1, 0.15) is 26.2 Å². The van der Waals surface area contributed by atoms with Crippen molar-refractivity contribution >= 4 is 40.9 Å². The number of unbranched alkanes of at least 4 members (excludes halogenated alkanes) is 1. The van der Waals surface area contributed by atoms with Gasteiger partial charge in [0, 0.05) is 14.9 Å². The van der Waals surface area contributed by atoms with Gasteiger partial charge in [0.1, 0.15) is 5.25 Å². The lowest BCUT2D eigenvalue weighted by atomic mass is 10.2. The summed E-state index contributed by atoms with van der Waals surface area (Å²) in [5, 5.41) is 0.942. The highest BCUT2D eigenvalue weighted by Crippen LogP contribution is 2.31. The molecule has 1 aromatic carbocycles. The van der Waals surface area contributed by atoms with E-state index in [1.807, 2.05) is 0 Å². The third kappa shape index (κ3) is 5.09. The summed E-state index contributed by atoms with van der Waals surface area (Å²) in [5.74, 6) is -0.204. The fourth-order valence-electron chi connectivity index (χ4n) is 1.51. The van der Waals surface area contributed by atoms with Crippen LogP contribution in [0.15, 0.2) is 23.1 Å². The van der Waals surface area contributed by atoms with E-state index in [1.54, 1.807) is 18.2 Å². The first-order chi connectivity index (χ1) is 8.56. The van der Waals surface area contributed by atoms with Crippen LogP contribution in [0.2, 0.25) is 10.0 Å². The fraction of sp³-hybridized carbons (Fsp3) is 0.462. The molecule has 0 aliphatic carbocycles. The van der Waals surface area contributed by atoms with E-state index in [-0.39, 0.29) is 11.2 Å². The first-order valence-electron chi connectivity index (χ1n) is 5.77. The lowest BCUT2D eigenvalue weighted by Crippen LogP contribution is -2.18. The molecular weight excluding hydrogens is 291 g/mol. The van der Waals surface area contributed by atoms with E-state index in [9.17, 15) is 4.79 Å². The number of carbonyl (C=O) groups excluding carboxylic acids is 1. The van der Waals surface area contributed by atoms with Crippen LogP contribution in [0.25, 0.3) is 0 Å². The Morgan fingerprint density at radius 2 is 1.94 bits per heavy atom. The molecule has 0 radical (unpaired) electrons. The molecule has 0 spiro atoms. The maximum atomic E-state index is 11.7. The lowest BCUT2D eigenvalue weighted by Gasteiger charge is -2.14. The van der Waals surface area contributed by atoms with Gasteiger partial charge in [-0.2, -0.15) is 0 Å². The van der Waals surface area contributed by atoms with Gasteiger partial charge >= 0.3 is 5.97 Å². The van der Waals surface area contributed by atoms with Crippen LogP contribution in [0.4, 0.5) is 0 Å². The zero-order chi connectivity index (χ0) is 13.5. The minimum atomic E-state index is -0.204. The van der Waals surface area contributed by atoms with Gasteiger partial charge in [-0.3, -0.25) is 4.79 Å². The highest BCUT2D eigenvalue weighted by Gasteiger charge is 2.20. The van der Waals surface area contributed by atoms with Crippen LogP contribution in [0.5, 0.6) is 0 Å². The molecule has 0 saturated heterocycles. The summed E-state index contributed by atoms with van der Waals surface area (Å²) < 4.78 is 4.82. The maximum Gasteiger partial charge on any atom is 0.319 e. The highest BCUT2D eigenvalue weighted by atomic mass is 35.5. The topological polar surface area (TPSA) is 26.3 Å². The van der Waals surface area contributed by atoms with Gasteiger partial charge in [0.05, 0.1) is 7.11 Å². The molecule has 0 fully saturated rings. The van der Waals surface area contributed by atoms with Gasteiger partial charge < -0.3 is 4.74 Å². The second-order valence-corrected chi connectivity index (χ2v) is 6.03. The molecular formula is C13H16Cl2O2S. The van der Waals surface area contributed by atoms with Crippen molar-refractivity contribution in [3.63, 3.8) is 0 Å². The van der Waals surface area contributed by atoms with Crippen molar-refractivity contribution in [1.29, 1.82) is 0 Å². The first-order valence-corrected chi connectivity index (χ1v) is 7.41. The minimum Gasteiger partial charge on any atom is -0.468 e.